The number of halogens is 1. The average Bonchev–Trinajstić information content (AvgIpc) is 2.30. The van der Waals surface area contributed by atoms with Crippen molar-refractivity contribution < 1.29 is 4.92 Å². The van der Waals surface area contributed by atoms with Crippen LogP contribution in [0, 0.1) is 10.1 Å². The summed E-state index contributed by atoms with van der Waals surface area (Å²) in [5, 5.41) is 10.9. The third-order valence-corrected chi connectivity index (χ3v) is 5.09. The highest BCUT2D eigenvalue weighted by molar-refractivity contribution is 9.10. The number of nitro groups is 1. The first kappa shape index (κ1) is 14.8. The topological polar surface area (TPSA) is 46.4 Å². The van der Waals surface area contributed by atoms with E-state index in [1.165, 1.54) is 0 Å². The number of benzene rings is 1. The monoisotopic (exact) mass is 344 g/mol. The van der Waals surface area contributed by atoms with Crippen LogP contribution < -0.4 is 0 Å². The molecule has 1 aromatic rings. The summed E-state index contributed by atoms with van der Waals surface area (Å²) in [6.07, 6.45) is 0. The Morgan fingerprint density at radius 3 is 2.89 bits per heavy atom. The molecule has 0 bridgehead atoms. The van der Waals surface area contributed by atoms with E-state index in [1.54, 1.807) is 12.1 Å². The molecule has 0 atom stereocenters. The van der Waals surface area contributed by atoms with E-state index in [1.807, 2.05) is 17.8 Å². The molecule has 1 aliphatic heterocycles. The van der Waals surface area contributed by atoms with Gasteiger partial charge in [-0.25, -0.2) is 0 Å². The molecule has 1 saturated heterocycles. The molecular weight excluding hydrogens is 328 g/mol. The Kier molecular flexibility index (Phi) is 4.53. The first-order chi connectivity index (χ1) is 8.87. The predicted octanol–water partition coefficient (Wildman–Crippen LogP) is 3.68. The molecule has 1 aromatic carbocycles. The molecule has 6 heteroatoms. The third kappa shape index (κ3) is 3.94. The molecule has 2 rings (SSSR count). The van der Waals surface area contributed by atoms with Gasteiger partial charge in [0.05, 0.1) is 9.40 Å². The van der Waals surface area contributed by atoms with Crippen LogP contribution in [0.25, 0.3) is 0 Å². The molecule has 0 spiro atoms. The van der Waals surface area contributed by atoms with Crippen molar-refractivity contribution >= 4 is 33.4 Å². The minimum Gasteiger partial charge on any atom is -0.297 e. The van der Waals surface area contributed by atoms with Crippen LogP contribution in [0.15, 0.2) is 22.7 Å². The summed E-state index contributed by atoms with van der Waals surface area (Å²) < 4.78 is 0.801. The van der Waals surface area contributed by atoms with Gasteiger partial charge >= 0.3 is 0 Å². The molecule has 104 valence electrons. The van der Waals surface area contributed by atoms with Gasteiger partial charge in [-0.15, -0.1) is 0 Å². The van der Waals surface area contributed by atoms with Gasteiger partial charge in [0.1, 0.15) is 0 Å². The lowest BCUT2D eigenvalue weighted by Crippen LogP contribution is -2.42. The zero-order valence-corrected chi connectivity index (χ0v) is 13.5. The number of rotatable bonds is 3. The lowest BCUT2D eigenvalue weighted by atomic mass is 10.1. The second-order valence-corrected chi connectivity index (χ2v) is 8.02. The van der Waals surface area contributed by atoms with Crippen molar-refractivity contribution in [3.8, 4) is 0 Å². The third-order valence-electron chi connectivity index (χ3n) is 3.12. The Bertz CT molecular complexity index is 494. The first-order valence-electron chi connectivity index (χ1n) is 6.16. The van der Waals surface area contributed by atoms with Crippen LogP contribution in [-0.2, 0) is 6.54 Å². The summed E-state index contributed by atoms with van der Waals surface area (Å²) in [5.74, 6) is 1.12. The van der Waals surface area contributed by atoms with Gasteiger partial charge in [-0.2, -0.15) is 11.8 Å². The van der Waals surface area contributed by atoms with E-state index in [0.29, 0.717) is 4.47 Å². The van der Waals surface area contributed by atoms with E-state index >= 15 is 0 Å². The maximum absolute atomic E-state index is 10.9. The standard InChI is InChI=1S/C13H17BrN2O2S/c1-13(2)9-15(5-6-19-13)8-10-3-4-11(14)12(7-10)16(17)18/h3-4,7H,5-6,8-9H2,1-2H3. The normalized spacial score (nSPS) is 19.3. The molecule has 0 amide bonds. The zero-order chi connectivity index (χ0) is 14.0. The fourth-order valence-electron chi connectivity index (χ4n) is 2.30. The van der Waals surface area contributed by atoms with E-state index in [2.05, 4.69) is 34.7 Å². The summed E-state index contributed by atoms with van der Waals surface area (Å²) in [4.78, 5) is 12.9. The van der Waals surface area contributed by atoms with Gasteiger partial charge in [-0.1, -0.05) is 6.07 Å². The highest BCUT2D eigenvalue weighted by Gasteiger charge is 2.27. The fourth-order valence-corrected chi connectivity index (χ4v) is 3.87. The smallest absolute Gasteiger partial charge is 0.283 e. The Morgan fingerprint density at radius 1 is 1.53 bits per heavy atom. The van der Waals surface area contributed by atoms with Gasteiger partial charge in [-0.05, 0) is 41.4 Å². The molecule has 0 saturated carbocycles. The average molecular weight is 345 g/mol. The number of hydrogen-bond donors (Lipinski definition) is 0. The van der Waals surface area contributed by atoms with Crippen LogP contribution in [-0.4, -0.2) is 33.4 Å². The Balaban J connectivity index is 2.11. The Morgan fingerprint density at radius 2 is 2.26 bits per heavy atom. The van der Waals surface area contributed by atoms with Gasteiger partial charge in [-0.3, -0.25) is 15.0 Å². The van der Waals surface area contributed by atoms with E-state index in [9.17, 15) is 10.1 Å². The predicted molar refractivity (Wildman–Crippen MR) is 82.6 cm³/mol. The molecule has 0 aromatic heterocycles. The van der Waals surface area contributed by atoms with Gasteiger partial charge in [0.15, 0.2) is 0 Å². The minimum absolute atomic E-state index is 0.142. The Labute approximate surface area is 125 Å². The van der Waals surface area contributed by atoms with Crippen LogP contribution in [0.5, 0.6) is 0 Å². The maximum Gasteiger partial charge on any atom is 0.283 e. The van der Waals surface area contributed by atoms with E-state index < -0.39 is 0 Å². The first-order valence-corrected chi connectivity index (χ1v) is 7.94. The lowest BCUT2D eigenvalue weighted by molar-refractivity contribution is -0.385. The molecule has 1 heterocycles. The van der Waals surface area contributed by atoms with Crippen LogP contribution in [0.3, 0.4) is 0 Å². The second kappa shape index (κ2) is 5.81. The highest BCUT2D eigenvalue weighted by Crippen LogP contribution is 2.31. The number of hydrogen-bond acceptors (Lipinski definition) is 4. The quantitative estimate of drug-likeness (QED) is 0.619. The van der Waals surface area contributed by atoms with Crippen molar-refractivity contribution in [2.45, 2.75) is 25.1 Å². The number of nitro benzene ring substituents is 1. The van der Waals surface area contributed by atoms with Crippen molar-refractivity contribution in [2.75, 3.05) is 18.8 Å². The van der Waals surface area contributed by atoms with Gasteiger partial charge in [0.2, 0.25) is 0 Å². The SMILES string of the molecule is CC1(C)CN(Cc2ccc(Br)c([N+](=O)[O-])c2)CCS1. The van der Waals surface area contributed by atoms with Crippen molar-refractivity contribution in [1.82, 2.24) is 4.90 Å². The fraction of sp³-hybridized carbons (Fsp3) is 0.538. The number of thioether (sulfide) groups is 1. The minimum atomic E-state index is -0.344. The van der Waals surface area contributed by atoms with E-state index in [4.69, 9.17) is 0 Å². The van der Waals surface area contributed by atoms with Crippen molar-refractivity contribution in [3.05, 3.63) is 38.3 Å². The molecule has 4 nitrogen and oxygen atoms in total. The summed E-state index contributed by atoms with van der Waals surface area (Å²) in [5.41, 5.74) is 1.14. The highest BCUT2D eigenvalue weighted by atomic mass is 79.9. The van der Waals surface area contributed by atoms with E-state index in [0.717, 1.165) is 31.0 Å². The van der Waals surface area contributed by atoms with Gasteiger partial charge < -0.3 is 0 Å². The van der Waals surface area contributed by atoms with Gasteiger partial charge in [0.25, 0.3) is 5.69 Å². The maximum atomic E-state index is 10.9. The molecule has 0 unspecified atom stereocenters. The van der Waals surface area contributed by atoms with Gasteiger partial charge in [0, 0.05) is 36.2 Å². The van der Waals surface area contributed by atoms with Crippen LogP contribution in [0.2, 0.25) is 0 Å². The summed E-state index contributed by atoms with van der Waals surface area (Å²) in [6, 6.07) is 5.38. The molecule has 19 heavy (non-hydrogen) atoms. The van der Waals surface area contributed by atoms with Crippen LogP contribution in [0.4, 0.5) is 5.69 Å². The molecule has 0 radical (unpaired) electrons. The second-order valence-electron chi connectivity index (χ2n) is 5.36. The molecule has 1 fully saturated rings. The largest absolute Gasteiger partial charge is 0.297 e. The zero-order valence-electron chi connectivity index (χ0n) is 11.1. The van der Waals surface area contributed by atoms with Crippen LogP contribution >= 0.6 is 27.7 Å². The molecule has 0 aliphatic carbocycles. The number of nitrogens with zero attached hydrogens (tertiary/aromatic N) is 2. The molecule has 1 aliphatic rings. The van der Waals surface area contributed by atoms with Crippen LogP contribution in [0.1, 0.15) is 19.4 Å². The molecular formula is C13H17BrN2O2S. The Hall–Kier alpha value is -0.590. The summed E-state index contributed by atoms with van der Waals surface area (Å²) in [6.45, 7) is 7.32. The van der Waals surface area contributed by atoms with E-state index in [-0.39, 0.29) is 15.4 Å². The summed E-state index contributed by atoms with van der Waals surface area (Å²) >= 11 is 5.20. The van der Waals surface area contributed by atoms with Crippen molar-refractivity contribution in [3.63, 3.8) is 0 Å². The lowest BCUT2D eigenvalue weighted by Gasteiger charge is -2.37. The summed E-state index contributed by atoms with van der Waals surface area (Å²) in [7, 11) is 0. The molecule has 0 N–H and O–H groups in total. The van der Waals surface area contributed by atoms with Crippen molar-refractivity contribution in [1.29, 1.82) is 0 Å². The van der Waals surface area contributed by atoms with Crippen molar-refractivity contribution in [2.24, 2.45) is 0 Å².